The molecule has 1 aliphatic heterocycles. The van der Waals surface area contributed by atoms with E-state index in [0.29, 0.717) is 43.6 Å². The molecule has 32 heavy (non-hydrogen) atoms. The van der Waals surface area contributed by atoms with Crippen LogP contribution >= 0.6 is 0 Å². The van der Waals surface area contributed by atoms with Crippen LogP contribution in [0.25, 0.3) is 5.69 Å². The molecule has 166 valence electrons. The first-order chi connectivity index (χ1) is 15.6. The molecule has 3 amide bonds. The Balaban J connectivity index is 1.25. The maximum atomic E-state index is 12.3. The predicted octanol–water partition coefficient (Wildman–Crippen LogP) is 1.14. The van der Waals surface area contributed by atoms with Crippen LogP contribution in [-0.4, -0.2) is 76.9 Å². The summed E-state index contributed by atoms with van der Waals surface area (Å²) >= 11 is 0. The van der Waals surface area contributed by atoms with Crippen LogP contribution in [0.4, 0.5) is 16.4 Å². The quantitative estimate of drug-likeness (QED) is 0.591. The third kappa shape index (κ3) is 5.19. The minimum absolute atomic E-state index is 0.132. The van der Waals surface area contributed by atoms with E-state index in [2.05, 4.69) is 31.1 Å². The molecule has 4 rings (SSSR count). The first kappa shape index (κ1) is 21.2. The Morgan fingerprint density at radius 1 is 1.00 bits per heavy atom. The van der Waals surface area contributed by atoms with Crippen molar-refractivity contribution in [3.05, 3.63) is 54.6 Å². The van der Waals surface area contributed by atoms with Crippen LogP contribution in [-0.2, 0) is 4.79 Å². The Morgan fingerprint density at radius 3 is 2.41 bits per heavy atom. The predicted molar refractivity (Wildman–Crippen MR) is 118 cm³/mol. The molecule has 11 nitrogen and oxygen atoms in total. The largest absolute Gasteiger partial charge is 0.497 e. The van der Waals surface area contributed by atoms with Gasteiger partial charge in [0.25, 0.3) is 0 Å². The molecule has 0 spiro atoms. The average molecular weight is 436 g/mol. The normalized spacial score (nSPS) is 14.1. The van der Waals surface area contributed by atoms with Crippen LogP contribution in [0.15, 0.2) is 54.6 Å². The van der Waals surface area contributed by atoms with E-state index in [9.17, 15) is 9.59 Å². The van der Waals surface area contributed by atoms with Gasteiger partial charge < -0.3 is 15.0 Å². The summed E-state index contributed by atoms with van der Waals surface area (Å²) in [4.78, 5) is 28.4. The van der Waals surface area contributed by atoms with E-state index >= 15 is 0 Å². The topological polar surface area (TPSA) is 118 Å². The summed E-state index contributed by atoms with van der Waals surface area (Å²) in [7, 11) is 1.57. The van der Waals surface area contributed by atoms with E-state index in [0.717, 1.165) is 5.69 Å². The Labute approximate surface area is 184 Å². The number of piperazine rings is 1. The highest BCUT2D eigenvalue weighted by Crippen LogP contribution is 2.17. The molecule has 0 atom stereocenters. The summed E-state index contributed by atoms with van der Waals surface area (Å²) in [6.07, 6.45) is 0. The van der Waals surface area contributed by atoms with Gasteiger partial charge in [-0.15, -0.1) is 0 Å². The number of hydrogen-bond donors (Lipinski definition) is 2. The Bertz CT molecular complexity index is 1050. The van der Waals surface area contributed by atoms with E-state index in [1.54, 1.807) is 36.1 Å². The van der Waals surface area contributed by atoms with Gasteiger partial charge in [0.1, 0.15) is 5.75 Å². The summed E-state index contributed by atoms with van der Waals surface area (Å²) in [6, 6.07) is 16.0. The van der Waals surface area contributed by atoms with Gasteiger partial charge in [-0.1, -0.05) is 23.3 Å². The first-order valence-electron chi connectivity index (χ1n) is 10.2. The molecule has 0 bridgehead atoms. The van der Waals surface area contributed by atoms with Crippen molar-refractivity contribution in [2.75, 3.05) is 50.1 Å². The highest BCUT2D eigenvalue weighted by atomic mass is 16.5. The van der Waals surface area contributed by atoms with Gasteiger partial charge in [0.05, 0.1) is 19.3 Å². The molecule has 2 N–H and O–H groups in total. The van der Waals surface area contributed by atoms with Gasteiger partial charge in [0, 0.05) is 31.9 Å². The lowest BCUT2D eigenvalue weighted by Crippen LogP contribution is -2.51. The van der Waals surface area contributed by atoms with Crippen molar-refractivity contribution in [1.29, 1.82) is 0 Å². The number of benzene rings is 2. The highest BCUT2D eigenvalue weighted by Gasteiger charge is 2.23. The summed E-state index contributed by atoms with van der Waals surface area (Å²) in [6.45, 7) is 2.76. The second-order valence-corrected chi connectivity index (χ2v) is 7.22. The van der Waals surface area contributed by atoms with Crippen molar-refractivity contribution in [1.82, 2.24) is 30.4 Å². The van der Waals surface area contributed by atoms with E-state index in [1.165, 1.54) is 0 Å². The summed E-state index contributed by atoms with van der Waals surface area (Å²) in [5.41, 5.74) is 1.46. The van der Waals surface area contributed by atoms with Crippen molar-refractivity contribution in [3.8, 4) is 11.4 Å². The fourth-order valence-corrected chi connectivity index (χ4v) is 3.43. The third-order valence-electron chi connectivity index (χ3n) is 5.08. The van der Waals surface area contributed by atoms with Gasteiger partial charge in [0.15, 0.2) is 0 Å². The van der Waals surface area contributed by atoms with Crippen LogP contribution in [0.2, 0.25) is 0 Å². The number of urea groups is 1. The van der Waals surface area contributed by atoms with Gasteiger partial charge in [-0.05, 0) is 46.8 Å². The first-order valence-corrected chi connectivity index (χ1v) is 10.2. The number of anilines is 2. The van der Waals surface area contributed by atoms with Crippen LogP contribution in [0, 0.1) is 0 Å². The number of nitrogens with one attached hydrogen (secondary N) is 2. The van der Waals surface area contributed by atoms with Crippen molar-refractivity contribution < 1.29 is 14.3 Å². The van der Waals surface area contributed by atoms with Gasteiger partial charge in [0.2, 0.25) is 11.9 Å². The molecule has 2 aromatic carbocycles. The number of rotatable bonds is 6. The fourth-order valence-electron chi connectivity index (χ4n) is 3.43. The van der Waals surface area contributed by atoms with E-state index in [4.69, 9.17) is 4.74 Å². The van der Waals surface area contributed by atoms with Crippen molar-refractivity contribution in [2.45, 2.75) is 0 Å². The number of nitrogens with zero attached hydrogens (tertiary/aromatic N) is 6. The second-order valence-electron chi connectivity index (χ2n) is 7.22. The molecule has 1 saturated heterocycles. The number of methoxy groups -OCH3 is 1. The van der Waals surface area contributed by atoms with Crippen LogP contribution in [0.5, 0.6) is 5.75 Å². The van der Waals surface area contributed by atoms with Gasteiger partial charge in [-0.3, -0.25) is 15.0 Å². The summed E-state index contributed by atoms with van der Waals surface area (Å²) < 4.78 is 6.78. The molecule has 1 fully saturated rings. The van der Waals surface area contributed by atoms with Crippen molar-refractivity contribution in [2.24, 2.45) is 0 Å². The lowest BCUT2D eigenvalue weighted by molar-refractivity contribution is -0.121. The number of tetrazole rings is 1. The lowest BCUT2D eigenvalue weighted by Gasteiger charge is -2.34. The third-order valence-corrected chi connectivity index (χ3v) is 5.08. The number of aromatic nitrogens is 4. The summed E-state index contributed by atoms with van der Waals surface area (Å²) in [5, 5.41) is 17.1. The molecule has 0 saturated carbocycles. The molecule has 0 aliphatic carbocycles. The molecule has 0 radical (unpaired) electrons. The number of para-hydroxylation sites is 1. The summed E-state index contributed by atoms with van der Waals surface area (Å²) in [5.74, 6) is 0.988. The lowest BCUT2D eigenvalue weighted by atomic mass is 10.3. The zero-order chi connectivity index (χ0) is 22.3. The monoisotopic (exact) mass is 436 g/mol. The Hall–Kier alpha value is -3.99. The standard InChI is InChI=1S/C21H24N8O3/c1-32-18-9-7-16(8-10-18)22-20(31)23-19(30)15-27-11-13-28(14-12-27)21-24-25-26-29(21)17-5-3-2-4-6-17/h2-10H,11-15H2,1H3,(H2,22,23,30,31). The number of carbonyl (C=O) groups is 2. The number of carbonyl (C=O) groups excluding carboxylic acids is 2. The van der Waals surface area contributed by atoms with Gasteiger partial charge >= 0.3 is 6.03 Å². The molecular weight excluding hydrogens is 412 g/mol. The Morgan fingerprint density at radius 2 is 1.72 bits per heavy atom. The number of imide groups is 1. The smallest absolute Gasteiger partial charge is 0.325 e. The number of ether oxygens (including phenoxy) is 1. The molecule has 1 aromatic heterocycles. The minimum atomic E-state index is -0.569. The number of amides is 3. The van der Waals surface area contributed by atoms with E-state index in [-0.39, 0.29) is 12.5 Å². The molecule has 1 aliphatic rings. The molecule has 0 unspecified atom stereocenters. The maximum absolute atomic E-state index is 12.3. The zero-order valence-corrected chi connectivity index (χ0v) is 17.6. The Kier molecular flexibility index (Phi) is 6.56. The van der Waals surface area contributed by atoms with Crippen LogP contribution in [0.3, 0.4) is 0 Å². The fraction of sp³-hybridized carbons (Fsp3) is 0.286. The maximum Gasteiger partial charge on any atom is 0.325 e. The molecule has 3 aromatic rings. The van der Waals surface area contributed by atoms with E-state index in [1.807, 2.05) is 35.2 Å². The van der Waals surface area contributed by atoms with Crippen molar-refractivity contribution >= 4 is 23.6 Å². The molecular formula is C21H24N8O3. The van der Waals surface area contributed by atoms with Crippen LogP contribution in [0.1, 0.15) is 0 Å². The number of hydrogen-bond acceptors (Lipinski definition) is 8. The van der Waals surface area contributed by atoms with Gasteiger partial charge in [-0.2, -0.15) is 4.68 Å². The molecule has 11 heteroatoms. The van der Waals surface area contributed by atoms with Crippen LogP contribution < -0.4 is 20.3 Å². The van der Waals surface area contributed by atoms with Gasteiger partial charge in [-0.25, -0.2) is 4.79 Å². The van der Waals surface area contributed by atoms with E-state index < -0.39 is 6.03 Å². The SMILES string of the molecule is COc1ccc(NC(=O)NC(=O)CN2CCN(c3nnnn3-c3ccccc3)CC2)cc1. The zero-order valence-electron chi connectivity index (χ0n) is 17.6. The highest BCUT2D eigenvalue weighted by molar-refractivity contribution is 6.01. The molecule has 2 heterocycles. The van der Waals surface area contributed by atoms with Crippen molar-refractivity contribution in [3.63, 3.8) is 0 Å². The second kappa shape index (κ2) is 9.88. The average Bonchev–Trinajstić information content (AvgIpc) is 3.30. The minimum Gasteiger partial charge on any atom is -0.497 e.